The SMILES string of the molecule is Cc1cc(Br)cnc1N1CCC(F)(F)CC1. The normalized spacial score (nSPS) is 19.9. The van der Waals surface area contributed by atoms with E-state index in [1.807, 2.05) is 17.9 Å². The summed E-state index contributed by atoms with van der Waals surface area (Å²) in [6.45, 7) is 2.70. The maximum atomic E-state index is 13.0. The first kappa shape index (κ1) is 11.8. The minimum absolute atomic E-state index is 0.0792. The number of rotatable bonds is 1. The summed E-state index contributed by atoms with van der Waals surface area (Å²) in [6, 6.07) is 1.95. The van der Waals surface area contributed by atoms with Crippen molar-refractivity contribution in [2.24, 2.45) is 0 Å². The minimum atomic E-state index is -2.50. The maximum Gasteiger partial charge on any atom is 0.251 e. The highest BCUT2D eigenvalue weighted by atomic mass is 79.9. The molecule has 1 aliphatic heterocycles. The second-order valence-corrected chi connectivity index (χ2v) is 5.05. The zero-order valence-corrected chi connectivity index (χ0v) is 10.6. The number of nitrogens with zero attached hydrogens (tertiary/aromatic N) is 2. The predicted octanol–water partition coefficient (Wildman–Crippen LogP) is 3.39. The molecule has 2 nitrogen and oxygen atoms in total. The number of hydrogen-bond donors (Lipinski definition) is 0. The molecule has 0 spiro atoms. The van der Waals surface area contributed by atoms with Crippen LogP contribution >= 0.6 is 15.9 Å². The van der Waals surface area contributed by atoms with Crippen LogP contribution < -0.4 is 4.90 Å². The third-order valence-corrected chi connectivity index (χ3v) is 3.25. The van der Waals surface area contributed by atoms with Crippen molar-refractivity contribution in [3.05, 3.63) is 22.3 Å². The standard InChI is InChI=1S/C11H13BrF2N2/c1-8-6-9(12)7-15-10(8)16-4-2-11(13,14)3-5-16/h6-7H,2-5H2,1H3. The molecule has 5 heteroatoms. The highest BCUT2D eigenvalue weighted by molar-refractivity contribution is 9.10. The topological polar surface area (TPSA) is 16.1 Å². The van der Waals surface area contributed by atoms with E-state index in [2.05, 4.69) is 20.9 Å². The molecular formula is C11H13BrF2N2. The van der Waals surface area contributed by atoms with Crippen LogP contribution in [0.25, 0.3) is 0 Å². The molecule has 1 saturated heterocycles. The Morgan fingerprint density at radius 1 is 1.38 bits per heavy atom. The smallest absolute Gasteiger partial charge is 0.251 e. The van der Waals surface area contributed by atoms with E-state index in [0.717, 1.165) is 15.9 Å². The molecule has 0 amide bonds. The summed E-state index contributed by atoms with van der Waals surface area (Å²) in [5.74, 6) is -1.68. The Morgan fingerprint density at radius 3 is 2.56 bits per heavy atom. The van der Waals surface area contributed by atoms with Gasteiger partial charge in [0.1, 0.15) is 5.82 Å². The van der Waals surface area contributed by atoms with Crippen molar-refractivity contribution in [1.82, 2.24) is 4.98 Å². The number of aromatic nitrogens is 1. The maximum absolute atomic E-state index is 13.0. The summed E-state index contributed by atoms with van der Waals surface area (Å²) in [4.78, 5) is 6.21. The summed E-state index contributed by atoms with van der Waals surface area (Å²) in [7, 11) is 0. The molecule has 1 aromatic rings. The van der Waals surface area contributed by atoms with Gasteiger partial charge in [0.2, 0.25) is 0 Å². The van der Waals surface area contributed by atoms with Gasteiger partial charge in [-0.05, 0) is 34.5 Å². The zero-order chi connectivity index (χ0) is 11.8. The van der Waals surface area contributed by atoms with Gasteiger partial charge in [0.15, 0.2) is 0 Å². The third kappa shape index (κ3) is 2.51. The van der Waals surface area contributed by atoms with Gasteiger partial charge in [-0.15, -0.1) is 0 Å². The summed E-state index contributed by atoms with van der Waals surface area (Å²) in [6.07, 6.45) is 1.55. The molecule has 2 rings (SSSR count). The van der Waals surface area contributed by atoms with E-state index in [0.29, 0.717) is 13.1 Å². The zero-order valence-electron chi connectivity index (χ0n) is 9.01. The van der Waals surface area contributed by atoms with E-state index in [1.165, 1.54) is 0 Å². The number of aryl methyl sites for hydroxylation is 1. The Morgan fingerprint density at radius 2 is 2.00 bits per heavy atom. The van der Waals surface area contributed by atoms with Crippen LogP contribution in [0, 0.1) is 6.92 Å². The summed E-state index contributed by atoms with van der Waals surface area (Å²) >= 11 is 3.34. The Balaban J connectivity index is 2.14. The van der Waals surface area contributed by atoms with E-state index < -0.39 is 5.92 Å². The number of hydrogen-bond acceptors (Lipinski definition) is 2. The number of alkyl halides is 2. The second kappa shape index (κ2) is 4.28. The highest BCUT2D eigenvalue weighted by Gasteiger charge is 2.34. The Hall–Kier alpha value is -0.710. The molecule has 16 heavy (non-hydrogen) atoms. The van der Waals surface area contributed by atoms with E-state index in [4.69, 9.17) is 0 Å². The lowest BCUT2D eigenvalue weighted by Gasteiger charge is -2.33. The fourth-order valence-corrected chi connectivity index (χ4v) is 2.36. The van der Waals surface area contributed by atoms with Crippen LogP contribution in [0.3, 0.4) is 0 Å². The minimum Gasteiger partial charge on any atom is -0.356 e. The number of halogens is 3. The monoisotopic (exact) mass is 290 g/mol. The molecule has 1 fully saturated rings. The van der Waals surface area contributed by atoms with Crippen molar-refractivity contribution in [2.45, 2.75) is 25.7 Å². The van der Waals surface area contributed by atoms with Crippen molar-refractivity contribution in [3.8, 4) is 0 Å². The van der Waals surface area contributed by atoms with Gasteiger partial charge in [0, 0.05) is 36.6 Å². The van der Waals surface area contributed by atoms with Crippen molar-refractivity contribution in [1.29, 1.82) is 0 Å². The molecule has 0 aliphatic carbocycles. The molecular weight excluding hydrogens is 278 g/mol. The van der Waals surface area contributed by atoms with Crippen LogP contribution in [0.5, 0.6) is 0 Å². The van der Waals surface area contributed by atoms with Crippen LogP contribution in [0.15, 0.2) is 16.7 Å². The molecule has 2 heterocycles. The Bertz CT molecular complexity index is 386. The second-order valence-electron chi connectivity index (χ2n) is 4.14. The van der Waals surface area contributed by atoms with Crippen LogP contribution in [-0.4, -0.2) is 24.0 Å². The lowest BCUT2D eigenvalue weighted by molar-refractivity contribution is -0.0221. The van der Waals surface area contributed by atoms with Crippen molar-refractivity contribution >= 4 is 21.7 Å². The fourth-order valence-electron chi connectivity index (χ4n) is 1.91. The quantitative estimate of drug-likeness (QED) is 0.788. The van der Waals surface area contributed by atoms with Gasteiger partial charge < -0.3 is 4.90 Å². The van der Waals surface area contributed by atoms with E-state index in [9.17, 15) is 8.78 Å². The number of anilines is 1. The predicted molar refractivity (Wildman–Crippen MR) is 63.1 cm³/mol. The van der Waals surface area contributed by atoms with Gasteiger partial charge in [-0.25, -0.2) is 13.8 Å². The largest absolute Gasteiger partial charge is 0.356 e. The van der Waals surface area contributed by atoms with Gasteiger partial charge in [-0.2, -0.15) is 0 Å². The van der Waals surface area contributed by atoms with Gasteiger partial charge in [-0.1, -0.05) is 0 Å². The van der Waals surface area contributed by atoms with Gasteiger partial charge >= 0.3 is 0 Å². The molecule has 0 unspecified atom stereocenters. The van der Waals surface area contributed by atoms with Crippen LogP contribution in [-0.2, 0) is 0 Å². The Labute approximate surface area is 102 Å². The molecule has 0 aromatic carbocycles. The molecule has 0 radical (unpaired) electrons. The molecule has 0 N–H and O–H groups in total. The van der Waals surface area contributed by atoms with Crippen molar-refractivity contribution in [2.75, 3.05) is 18.0 Å². The summed E-state index contributed by atoms with van der Waals surface area (Å²) < 4.78 is 26.9. The first-order valence-corrected chi connectivity index (χ1v) is 6.02. The molecule has 1 aliphatic rings. The first-order valence-electron chi connectivity index (χ1n) is 5.23. The van der Waals surface area contributed by atoms with Crippen LogP contribution in [0.2, 0.25) is 0 Å². The highest BCUT2D eigenvalue weighted by Crippen LogP contribution is 2.31. The van der Waals surface area contributed by atoms with E-state index >= 15 is 0 Å². The summed E-state index contributed by atoms with van der Waals surface area (Å²) in [5, 5.41) is 0. The molecule has 88 valence electrons. The molecule has 0 atom stereocenters. The number of piperidine rings is 1. The average molecular weight is 291 g/mol. The van der Waals surface area contributed by atoms with Gasteiger partial charge in [-0.3, -0.25) is 0 Å². The summed E-state index contributed by atoms with van der Waals surface area (Å²) in [5.41, 5.74) is 1.01. The van der Waals surface area contributed by atoms with Crippen molar-refractivity contribution in [3.63, 3.8) is 0 Å². The van der Waals surface area contributed by atoms with Gasteiger partial charge in [0.25, 0.3) is 5.92 Å². The average Bonchev–Trinajstić information content (AvgIpc) is 2.19. The van der Waals surface area contributed by atoms with E-state index in [1.54, 1.807) is 6.20 Å². The fraction of sp³-hybridized carbons (Fsp3) is 0.545. The number of pyridine rings is 1. The lowest BCUT2D eigenvalue weighted by Crippen LogP contribution is -2.40. The van der Waals surface area contributed by atoms with E-state index in [-0.39, 0.29) is 12.8 Å². The third-order valence-electron chi connectivity index (χ3n) is 2.81. The molecule has 1 aromatic heterocycles. The van der Waals surface area contributed by atoms with Crippen LogP contribution in [0.1, 0.15) is 18.4 Å². The Kier molecular flexibility index (Phi) is 3.15. The molecule has 0 bridgehead atoms. The first-order chi connectivity index (χ1) is 7.48. The van der Waals surface area contributed by atoms with Crippen LogP contribution in [0.4, 0.5) is 14.6 Å². The van der Waals surface area contributed by atoms with Crippen molar-refractivity contribution < 1.29 is 8.78 Å². The lowest BCUT2D eigenvalue weighted by atomic mass is 10.1. The molecule has 0 saturated carbocycles. The van der Waals surface area contributed by atoms with Gasteiger partial charge in [0.05, 0.1) is 0 Å².